The second kappa shape index (κ2) is 7.47. The number of rotatable bonds is 4. The third-order valence-corrected chi connectivity index (χ3v) is 3.64. The van der Waals surface area contributed by atoms with E-state index in [0.29, 0.717) is 27.6 Å². The van der Waals surface area contributed by atoms with Gasteiger partial charge in [-0.3, -0.25) is 9.78 Å². The van der Waals surface area contributed by atoms with Crippen LogP contribution in [0.3, 0.4) is 0 Å². The van der Waals surface area contributed by atoms with Gasteiger partial charge in [0.05, 0.1) is 11.3 Å². The highest BCUT2D eigenvalue weighted by Crippen LogP contribution is 2.21. The summed E-state index contributed by atoms with van der Waals surface area (Å²) in [6.07, 6.45) is 1.53. The van der Waals surface area contributed by atoms with Crippen LogP contribution in [0.4, 0.5) is 17.1 Å². The van der Waals surface area contributed by atoms with Gasteiger partial charge in [0.1, 0.15) is 11.8 Å². The minimum absolute atomic E-state index is 0.249. The van der Waals surface area contributed by atoms with Crippen molar-refractivity contribution in [3.05, 3.63) is 83.1 Å². The number of amides is 1. The van der Waals surface area contributed by atoms with Gasteiger partial charge in [0, 0.05) is 22.6 Å². The third-order valence-electron chi connectivity index (χ3n) is 3.40. The summed E-state index contributed by atoms with van der Waals surface area (Å²) in [7, 11) is 0. The van der Waals surface area contributed by atoms with E-state index in [4.69, 9.17) is 16.9 Å². The molecule has 122 valence electrons. The summed E-state index contributed by atoms with van der Waals surface area (Å²) in [6, 6.07) is 19.5. The molecule has 0 fully saturated rings. The molecule has 0 aliphatic rings. The molecule has 0 unspecified atom stereocenters. The molecular weight excluding hydrogens is 336 g/mol. The lowest BCUT2D eigenvalue weighted by Gasteiger charge is -2.10. The van der Waals surface area contributed by atoms with Crippen LogP contribution < -0.4 is 10.6 Å². The van der Waals surface area contributed by atoms with Crippen molar-refractivity contribution in [2.75, 3.05) is 10.6 Å². The van der Waals surface area contributed by atoms with E-state index in [0.717, 1.165) is 0 Å². The Morgan fingerprint density at radius 3 is 2.68 bits per heavy atom. The van der Waals surface area contributed by atoms with Gasteiger partial charge in [-0.25, -0.2) is 0 Å². The number of pyridine rings is 1. The van der Waals surface area contributed by atoms with Crippen molar-refractivity contribution in [3.8, 4) is 6.07 Å². The Labute approximate surface area is 149 Å². The monoisotopic (exact) mass is 348 g/mol. The van der Waals surface area contributed by atoms with Crippen LogP contribution in [0.1, 0.15) is 16.1 Å². The summed E-state index contributed by atoms with van der Waals surface area (Å²) in [5, 5.41) is 15.6. The first-order chi connectivity index (χ1) is 12.2. The number of nitriles is 1. The number of carbonyl (C=O) groups excluding carboxylic acids is 1. The topological polar surface area (TPSA) is 77.8 Å². The van der Waals surface area contributed by atoms with Crippen molar-refractivity contribution in [1.29, 1.82) is 5.26 Å². The number of hydrogen-bond donors (Lipinski definition) is 2. The minimum Gasteiger partial charge on any atom is -0.354 e. The second-order valence-corrected chi connectivity index (χ2v) is 5.61. The maximum absolute atomic E-state index is 12.4. The molecular formula is C19H13ClN4O. The van der Waals surface area contributed by atoms with Crippen molar-refractivity contribution in [2.45, 2.75) is 0 Å². The molecule has 1 aromatic heterocycles. The zero-order valence-corrected chi connectivity index (χ0v) is 13.8. The van der Waals surface area contributed by atoms with Gasteiger partial charge in [0.25, 0.3) is 5.91 Å². The zero-order chi connectivity index (χ0) is 17.6. The summed E-state index contributed by atoms with van der Waals surface area (Å²) >= 11 is 5.92. The number of anilines is 3. The minimum atomic E-state index is -0.348. The molecule has 0 aliphatic heterocycles. The summed E-state index contributed by atoms with van der Waals surface area (Å²) in [5.74, 6) is -0.348. The Morgan fingerprint density at radius 1 is 1.04 bits per heavy atom. The number of nitrogens with zero attached hydrogens (tertiary/aromatic N) is 2. The molecule has 0 aliphatic carbocycles. The fraction of sp³-hybridized carbons (Fsp3) is 0. The number of halogens is 1. The highest BCUT2D eigenvalue weighted by molar-refractivity contribution is 6.30. The molecule has 0 atom stereocenters. The van der Waals surface area contributed by atoms with E-state index in [1.54, 1.807) is 54.6 Å². The van der Waals surface area contributed by atoms with E-state index in [1.807, 2.05) is 6.07 Å². The third kappa shape index (κ3) is 4.14. The highest BCUT2D eigenvalue weighted by Gasteiger charge is 2.09. The Hall–Kier alpha value is -3.36. The van der Waals surface area contributed by atoms with Crippen LogP contribution in [0.2, 0.25) is 5.02 Å². The van der Waals surface area contributed by atoms with Crippen molar-refractivity contribution in [1.82, 2.24) is 4.98 Å². The zero-order valence-electron chi connectivity index (χ0n) is 13.0. The van der Waals surface area contributed by atoms with E-state index in [2.05, 4.69) is 21.7 Å². The maximum atomic E-state index is 12.4. The lowest BCUT2D eigenvalue weighted by Crippen LogP contribution is -2.13. The van der Waals surface area contributed by atoms with Crippen LogP contribution in [0.15, 0.2) is 66.9 Å². The quantitative estimate of drug-likeness (QED) is 0.722. The van der Waals surface area contributed by atoms with E-state index in [-0.39, 0.29) is 11.6 Å². The average molecular weight is 349 g/mol. The smallest absolute Gasteiger partial charge is 0.274 e. The van der Waals surface area contributed by atoms with Crippen LogP contribution in [0.5, 0.6) is 0 Å². The number of para-hydroxylation sites is 1. The number of aromatic nitrogens is 1. The van der Waals surface area contributed by atoms with Crippen molar-refractivity contribution < 1.29 is 4.79 Å². The predicted molar refractivity (Wildman–Crippen MR) is 98.1 cm³/mol. The van der Waals surface area contributed by atoms with E-state index in [9.17, 15) is 4.79 Å². The number of hydrogen-bond acceptors (Lipinski definition) is 4. The van der Waals surface area contributed by atoms with Gasteiger partial charge >= 0.3 is 0 Å². The van der Waals surface area contributed by atoms with Crippen LogP contribution in [-0.4, -0.2) is 10.9 Å². The molecule has 2 aromatic carbocycles. The lowest BCUT2D eigenvalue weighted by atomic mass is 10.2. The van der Waals surface area contributed by atoms with Gasteiger partial charge in [-0.2, -0.15) is 5.26 Å². The molecule has 1 heterocycles. The number of benzene rings is 2. The van der Waals surface area contributed by atoms with Gasteiger partial charge in [-0.1, -0.05) is 29.8 Å². The summed E-state index contributed by atoms with van der Waals surface area (Å²) in [4.78, 5) is 16.4. The second-order valence-electron chi connectivity index (χ2n) is 5.18. The van der Waals surface area contributed by atoms with Crippen LogP contribution in [0.25, 0.3) is 0 Å². The molecule has 0 spiro atoms. The molecule has 5 nitrogen and oxygen atoms in total. The van der Waals surface area contributed by atoms with E-state index in [1.165, 1.54) is 6.20 Å². The van der Waals surface area contributed by atoms with Gasteiger partial charge in [-0.15, -0.1) is 0 Å². The summed E-state index contributed by atoms with van der Waals surface area (Å²) in [5.41, 5.74) is 2.68. The normalized spacial score (nSPS) is 9.92. The molecule has 2 N–H and O–H groups in total. The molecule has 0 saturated carbocycles. The number of carbonyl (C=O) groups is 1. The molecule has 0 bridgehead atoms. The fourth-order valence-corrected chi connectivity index (χ4v) is 2.43. The largest absolute Gasteiger partial charge is 0.354 e. The SMILES string of the molecule is N#Cc1ccccc1Nc1ccnc(C(=O)Nc2cccc(Cl)c2)c1. The van der Waals surface area contributed by atoms with Gasteiger partial charge in [-0.05, 0) is 42.5 Å². The number of nitrogens with one attached hydrogen (secondary N) is 2. The Morgan fingerprint density at radius 2 is 1.88 bits per heavy atom. The molecule has 3 rings (SSSR count). The van der Waals surface area contributed by atoms with Crippen molar-refractivity contribution in [3.63, 3.8) is 0 Å². The first kappa shape index (κ1) is 16.5. The van der Waals surface area contributed by atoms with Crippen molar-refractivity contribution in [2.24, 2.45) is 0 Å². The average Bonchev–Trinajstić information content (AvgIpc) is 2.62. The Kier molecular flexibility index (Phi) is 4.93. The Bertz CT molecular complexity index is 965. The lowest BCUT2D eigenvalue weighted by molar-refractivity contribution is 0.102. The van der Waals surface area contributed by atoms with Crippen molar-refractivity contribution >= 4 is 34.6 Å². The molecule has 0 saturated heterocycles. The van der Waals surface area contributed by atoms with Gasteiger partial charge < -0.3 is 10.6 Å². The molecule has 25 heavy (non-hydrogen) atoms. The predicted octanol–water partition coefficient (Wildman–Crippen LogP) is 4.60. The fourth-order valence-electron chi connectivity index (χ4n) is 2.24. The first-order valence-electron chi connectivity index (χ1n) is 7.45. The van der Waals surface area contributed by atoms with E-state index >= 15 is 0 Å². The summed E-state index contributed by atoms with van der Waals surface area (Å²) in [6.45, 7) is 0. The van der Waals surface area contributed by atoms with Gasteiger partial charge in [0.2, 0.25) is 0 Å². The highest BCUT2D eigenvalue weighted by atomic mass is 35.5. The standard InChI is InChI=1S/C19H13ClN4O/c20-14-5-3-6-15(10-14)24-19(25)18-11-16(8-9-22-18)23-17-7-2-1-4-13(17)12-21/h1-11H,(H,22,23)(H,24,25). The molecule has 0 radical (unpaired) electrons. The molecule has 1 amide bonds. The van der Waals surface area contributed by atoms with Crippen LogP contribution in [0, 0.1) is 11.3 Å². The summed E-state index contributed by atoms with van der Waals surface area (Å²) < 4.78 is 0. The van der Waals surface area contributed by atoms with Crippen LogP contribution >= 0.6 is 11.6 Å². The Balaban J connectivity index is 1.79. The van der Waals surface area contributed by atoms with Gasteiger partial charge in [0.15, 0.2) is 0 Å². The van der Waals surface area contributed by atoms with Crippen LogP contribution in [-0.2, 0) is 0 Å². The maximum Gasteiger partial charge on any atom is 0.274 e. The first-order valence-corrected chi connectivity index (χ1v) is 7.82. The molecule has 3 aromatic rings. The van der Waals surface area contributed by atoms with E-state index < -0.39 is 0 Å². The molecule has 6 heteroatoms.